The van der Waals surface area contributed by atoms with Crippen LogP contribution in [0, 0.1) is 12.7 Å². The highest BCUT2D eigenvalue weighted by Crippen LogP contribution is 2.36. The lowest BCUT2D eigenvalue weighted by Gasteiger charge is -2.30. The second kappa shape index (κ2) is 8.34. The molecule has 4 nitrogen and oxygen atoms in total. The van der Waals surface area contributed by atoms with Gasteiger partial charge in [0.05, 0.1) is 17.8 Å². The molecule has 0 saturated carbocycles. The molecule has 164 valence electrons. The summed E-state index contributed by atoms with van der Waals surface area (Å²) in [5, 5.41) is 7.53. The van der Waals surface area contributed by atoms with E-state index in [2.05, 4.69) is 20.5 Å². The number of hydrogen-bond donors (Lipinski definition) is 2. The molecule has 8 heteroatoms. The van der Waals surface area contributed by atoms with E-state index in [4.69, 9.17) is 0 Å². The lowest BCUT2D eigenvalue weighted by atomic mass is 9.97. The molecule has 0 unspecified atom stereocenters. The normalized spacial score (nSPS) is 15.9. The third-order valence-corrected chi connectivity index (χ3v) is 5.81. The number of piperazine rings is 1. The summed E-state index contributed by atoms with van der Waals surface area (Å²) in [4.78, 5) is 6.43. The van der Waals surface area contributed by atoms with Crippen LogP contribution < -0.4 is 15.5 Å². The van der Waals surface area contributed by atoms with Gasteiger partial charge in [-0.25, -0.2) is 9.37 Å². The van der Waals surface area contributed by atoms with Crippen molar-refractivity contribution in [2.75, 3.05) is 36.4 Å². The molecule has 0 aliphatic carbocycles. The van der Waals surface area contributed by atoms with E-state index in [1.54, 1.807) is 19.1 Å². The molecular weight excluding hydrogens is 408 g/mol. The molecule has 1 atom stereocenters. The monoisotopic (exact) mass is 432 g/mol. The van der Waals surface area contributed by atoms with Crippen molar-refractivity contribution < 1.29 is 17.6 Å². The van der Waals surface area contributed by atoms with Gasteiger partial charge in [0.2, 0.25) is 0 Å². The maximum atomic E-state index is 14.4. The van der Waals surface area contributed by atoms with E-state index in [1.165, 1.54) is 13.0 Å². The van der Waals surface area contributed by atoms with Crippen molar-refractivity contribution in [3.05, 3.63) is 65.1 Å². The van der Waals surface area contributed by atoms with Gasteiger partial charge in [-0.3, -0.25) is 0 Å². The highest BCUT2D eigenvalue weighted by molar-refractivity contribution is 5.94. The van der Waals surface area contributed by atoms with Gasteiger partial charge in [0.1, 0.15) is 11.6 Å². The number of nitrogens with zero attached hydrogens (tertiary/aromatic N) is 2. The number of nitrogens with one attached hydrogen (secondary N) is 2. The first-order valence-corrected chi connectivity index (χ1v) is 10.2. The molecule has 0 radical (unpaired) electrons. The Balaban J connectivity index is 1.70. The minimum atomic E-state index is -4.42. The number of pyridine rings is 1. The summed E-state index contributed by atoms with van der Waals surface area (Å²) in [6.07, 6.45) is -3.28. The van der Waals surface area contributed by atoms with Gasteiger partial charge < -0.3 is 15.5 Å². The van der Waals surface area contributed by atoms with Crippen LogP contribution in [-0.4, -0.2) is 31.2 Å². The summed E-state index contributed by atoms with van der Waals surface area (Å²) in [6, 6.07) is 9.21. The van der Waals surface area contributed by atoms with Crippen molar-refractivity contribution >= 4 is 22.3 Å². The smallest absolute Gasteiger partial charge is 0.369 e. The molecule has 0 spiro atoms. The number of benzene rings is 2. The molecule has 1 saturated heterocycles. The molecule has 1 aliphatic heterocycles. The van der Waals surface area contributed by atoms with Gasteiger partial charge in [-0.1, -0.05) is 12.1 Å². The number of fused-ring (bicyclic) bond motifs is 1. The van der Waals surface area contributed by atoms with Crippen LogP contribution >= 0.6 is 0 Å². The zero-order chi connectivity index (χ0) is 22.2. The first-order valence-electron chi connectivity index (χ1n) is 10.2. The van der Waals surface area contributed by atoms with Crippen molar-refractivity contribution in [2.45, 2.75) is 26.1 Å². The average Bonchev–Trinajstić information content (AvgIpc) is 2.75. The Morgan fingerprint density at radius 3 is 2.55 bits per heavy atom. The fourth-order valence-electron chi connectivity index (χ4n) is 4.14. The average molecular weight is 432 g/mol. The number of alkyl halides is 3. The molecule has 1 aliphatic rings. The second-order valence-corrected chi connectivity index (χ2v) is 7.81. The van der Waals surface area contributed by atoms with Gasteiger partial charge >= 0.3 is 6.18 Å². The lowest BCUT2D eigenvalue weighted by molar-refractivity contribution is -0.138. The first kappa shape index (κ1) is 21.4. The van der Waals surface area contributed by atoms with Gasteiger partial charge in [-0.15, -0.1) is 0 Å². The Labute approximate surface area is 178 Å². The van der Waals surface area contributed by atoms with E-state index < -0.39 is 23.6 Å². The zero-order valence-electron chi connectivity index (χ0n) is 17.4. The molecule has 0 amide bonds. The van der Waals surface area contributed by atoms with E-state index in [0.717, 1.165) is 44.1 Å². The Bertz CT molecular complexity index is 1090. The molecule has 1 fully saturated rings. The van der Waals surface area contributed by atoms with E-state index in [-0.39, 0.29) is 5.56 Å². The topological polar surface area (TPSA) is 40.2 Å². The van der Waals surface area contributed by atoms with Crippen LogP contribution in [0.5, 0.6) is 0 Å². The number of rotatable bonds is 4. The Hall–Kier alpha value is -2.87. The standard InChI is InChI=1S/C23H24F4N4/c1-14-17(4-3-5-20(14)23(25,26)27)15(2)30-22-19-12-16(31-10-8-28-9-11-31)6-7-18(19)21(24)13-29-22/h3-7,12-13,15,28H,8-11H2,1-2H3,(H,29,30)/t15-/m1/s1. The maximum absolute atomic E-state index is 14.4. The summed E-state index contributed by atoms with van der Waals surface area (Å²) in [6.45, 7) is 6.68. The maximum Gasteiger partial charge on any atom is 0.416 e. The van der Waals surface area contributed by atoms with Crippen LogP contribution in [0.25, 0.3) is 10.8 Å². The van der Waals surface area contributed by atoms with E-state index in [0.29, 0.717) is 22.2 Å². The van der Waals surface area contributed by atoms with E-state index in [9.17, 15) is 17.6 Å². The second-order valence-electron chi connectivity index (χ2n) is 7.81. The van der Waals surface area contributed by atoms with Crippen LogP contribution in [0.2, 0.25) is 0 Å². The summed E-state index contributed by atoms with van der Waals surface area (Å²) < 4.78 is 54.3. The molecule has 31 heavy (non-hydrogen) atoms. The van der Waals surface area contributed by atoms with Crippen LogP contribution in [0.15, 0.2) is 42.6 Å². The van der Waals surface area contributed by atoms with Gasteiger partial charge in [0.15, 0.2) is 0 Å². The summed E-state index contributed by atoms with van der Waals surface area (Å²) >= 11 is 0. The fourth-order valence-corrected chi connectivity index (χ4v) is 4.14. The van der Waals surface area contributed by atoms with Crippen molar-refractivity contribution in [3.63, 3.8) is 0 Å². The first-order chi connectivity index (χ1) is 14.8. The summed E-state index contributed by atoms with van der Waals surface area (Å²) in [5.74, 6) is 0.00742. The largest absolute Gasteiger partial charge is 0.416 e. The number of halogens is 4. The molecule has 3 aromatic rings. The number of anilines is 2. The molecule has 1 aromatic heterocycles. The van der Waals surface area contributed by atoms with Crippen LogP contribution in [0.4, 0.5) is 29.1 Å². The predicted octanol–water partition coefficient (Wildman–Crippen LogP) is 5.28. The third-order valence-electron chi connectivity index (χ3n) is 5.81. The van der Waals surface area contributed by atoms with Gasteiger partial charge in [0, 0.05) is 42.6 Å². The van der Waals surface area contributed by atoms with E-state index >= 15 is 0 Å². The Kier molecular flexibility index (Phi) is 5.75. The van der Waals surface area contributed by atoms with Gasteiger partial charge in [-0.2, -0.15) is 13.2 Å². The number of hydrogen-bond acceptors (Lipinski definition) is 4. The zero-order valence-corrected chi connectivity index (χ0v) is 17.4. The Morgan fingerprint density at radius 1 is 1.10 bits per heavy atom. The highest BCUT2D eigenvalue weighted by atomic mass is 19.4. The van der Waals surface area contributed by atoms with Crippen molar-refractivity contribution in [1.29, 1.82) is 0 Å². The molecule has 2 aromatic carbocycles. The predicted molar refractivity (Wildman–Crippen MR) is 115 cm³/mol. The molecule has 0 bridgehead atoms. The van der Waals surface area contributed by atoms with Crippen LogP contribution in [0.1, 0.15) is 29.7 Å². The third kappa shape index (κ3) is 4.30. The van der Waals surface area contributed by atoms with Crippen LogP contribution in [0.3, 0.4) is 0 Å². The Morgan fingerprint density at radius 2 is 1.84 bits per heavy atom. The van der Waals surface area contributed by atoms with Gasteiger partial charge in [-0.05, 0) is 49.2 Å². The van der Waals surface area contributed by atoms with Crippen molar-refractivity contribution in [2.24, 2.45) is 0 Å². The van der Waals surface area contributed by atoms with E-state index in [1.807, 2.05) is 12.1 Å². The minimum Gasteiger partial charge on any atom is -0.369 e. The van der Waals surface area contributed by atoms with Crippen LogP contribution in [-0.2, 0) is 6.18 Å². The van der Waals surface area contributed by atoms with Gasteiger partial charge in [0.25, 0.3) is 0 Å². The molecule has 2 N–H and O–H groups in total. The fraction of sp³-hybridized carbons (Fsp3) is 0.348. The molecule has 2 heterocycles. The molecule has 4 rings (SSSR count). The minimum absolute atomic E-state index is 0.169. The highest BCUT2D eigenvalue weighted by Gasteiger charge is 2.33. The quantitative estimate of drug-likeness (QED) is 0.550. The lowest BCUT2D eigenvalue weighted by Crippen LogP contribution is -2.43. The molecular formula is C23H24F4N4. The summed E-state index contributed by atoms with van der Waals surface area (Å²) in [7, 11) is 0. The number of aromatic nitrogens is 1. The van der Waals surface area contributed by atoms with Crippen molar-refractivity contribution in [3.8, 4) is 0 Å². The van der Waals surface area contributed by atoms with Crippen molar-refractivity contribution in [1.82, 2.24) is 10.3 Å². The SMILES string of the molecule is Cc1c([C@@H](C)Nc2ncc(F)c3ccc(N4CCNCC4)cc23)cccc1C(F)(F)F. The summed E-state index contributed by atoms with van der Waals surface area (Å²) in [5.41, 5.74) is 0.999.